The summed E-state index contributed by atoms with van der Waals surface area (Å²) in [6.07, 6.45) is 7.07. The maximum absolute atomic E-state index is 6.01. The summed E-state index contributed by atoms with van der Waals surface area (Å²) in [5.41, 5.74) is 6.01. The van der Waals surface area contributed by atoms with E-state index in [0.29, 0.717) is 6.04 Å². The number of hydrogen-bond donors (Lipinski definition) is 1. The summed E-state index contributed by atoms with van der Waals surface area (Å²) in [5, 5.41) is 0. The predicted molar refractivity (Wildman–Crippen MR) is 71.5 cm³/mol. The highest BCUT2D eigenvalue weighted by atomic mass is 15.2. The van der Waals surface area contributed by atoms with E-state index in [-0.39, 0.29) is 0 Å². The molecule has 2 N–H and O–H groups in total. The Balaban J connectivity index is 2.54. The molecule has 0 aliphatic heterocycles. The molecule has 1 fully saturated rings. The zero-order valence-electron chi connectivity index (χ0n) is 11.4. The topological polar surface area (TPSA) is 29.3 Å². The molecule has 0 aromatic rings. The number of nitrogens with zero attached hydrogens (tertiary/aromatic N) is 1. The minimum absolute atomic E-state index is 0.632. The first-order valence-corrected chi connectivity index (χ1v) is 7.13. The van der Waals surface area contributed by atoms with Crippen LogP contribution < -0.4 is 5.73 Å². The molecule has 2 heteroatoms. The second-order valence-corrected chi connectivity index (χ2v) is 5.68. The molecule has 1 saturated carbocycles. The van der Waals surface area contributed by atoms with Gasteiger partial charge in [-0.05, 0) is 31.2 Å². The van der Waals surface area contributed by atoms with E-state index in [1.165, 1.54) is 38.6 Å². The summed E-state index contributed by atoms with van der Waals surface area (Å²) in [4.78, 5) is 2.61. The number of hydrogen-bond acceptors (Lipinski definition) is 2. The second-order valence-electron chi connectivity index (χ2n) is 5.68. The Morgan fingerprint density at radius 2 is 1.81 bits per heavy atom. The van der Waals surface area contributed by atoms with Crippen molar-refractivity contribution in [2.45, 2.75) is 58.9 Å². The summed E-state index contributed by atoms with van der Waals surface area (Å²) in [6, 6.07) is 0.632. The van der Waals surface area contributed by atoms with Crippen molar-refractivity contribution in [3.05, 3.63) is 0 Å². The fraction of sp³-hybridized carbons (Fsp3) is 1.00. The van der Waals surface area contributed by atoms with E-state index in [4.69, 9.17) is 5.73 Å². The maximum Gasteiger partial charge on any atom is 0.0246 e. The highest BCUT2D eigenvalue weighted by Gasteiger charge is 2.27. The summed E-state index contributed by atoms with van der Waals surface area (Å²) in [6.45, 7) is 10.1. The van der Waals surface area contributed by atoms with E-state index >= 15 is 0 Å². The summed E-state index contributed by atoms with van der Waals surface area (Å²) in [5.74, 6) is 1.61. The van der Waals surface area contributed by atoms with Crippen LogP contribution in [0, 0.1) is 11.8 Å². The lowest BCUT2D eigenvalue weighted by Gasteiger charge is -2.38. The average Bonchev–Trinajstić information content (AvgIpc) is 2.29. The Morgan fingerprint density at radius 1 is 1.19 bits per heavy atom. The highest BCUT2D eigenvalue weighted by Crippen LogP contribution is 2.28. The average molecular weight is 226 g/mol. The Kier molecular flexibility index (Phi) is 6.37. The first-order chi connectivity index (χ1) is 7.69. The monoisotopic (exact) mass is 226 g/mol. The van der Waals surface area contributed by atoms with E-state index in [0.717, 1.165) is 24.9 Å². The molecular formula is C14H30N2. The minimum atomic E-state index is 0.632. The maximum atomic E-state index is 6.01. The third-order valence-corrected chi connectivity index (χ3v) is 3.91. The van der Waals surface area contributed by atoms with Gasteiger partial charge in [0.25, 0.3) is 0 Å². The lowest BCUT2D eigenvalue weighted by molar-refractivity contribution is 0.115. The molecule has 0 heterocycles. The molecule has 0 aromatic carbocycles. The molecule has 96 valence electrons. The standard InChI is InChI=1S/C14H30N2/c1-4-16(11-12(2)3)14(10-15)13-8-6-5-7-9-13/h12-14H,4-11,15H2,1-3H3. The van der Waals surface area contributed by atoms with Crippen LogP contribution in [0.2, 0.25) is 0 Å². The van der Waals surface area contributed by atoms with Gasteiger partial charge in [-0.1, -0.05) is 40.0 Å². The zero-order chi connectivity index (χ0) is 12.0. The second kappa shape index (κ2) is 7.29. The van der Waals surface area contributed by atoms with Gasteiger partial charge < -0.3 is 5.73 Å². The van der Waals surface area contributed by atoms with Crippen LogP contribution in [-0.4, -0.2) is 30.6 Å². The van der Waals surface area contributed by atoms with Gasteiger partial charge in [-0.3, -0.25) is 4.90 Å². The van der Waals surface area contributed by atoms with Crippen molar-refractivity contribution in [1.29, 1.82) is 0 Å². The third-order valence-electron chi connectivity index (χ3n) is 3.91. The Morgan fingerprint density at radius 3 is 2.25 bits per heavy atom. The molecular weight excluding hydrogens is 196 g/mol. The molecule has 0 spiro atoms. The van der Waals surface area contributed by atoms with Crippen molar-refractivity contribution in [3.63, 3.8) is 0 Å². The number of likely N-dealkylation sites (N-methyl/N-ethyl adjacent to an activating group) is 1. The molecule has 16 heavy (non-hydrogen) atoms. The van der Waals surface area contributed by atoms with Crippen LogP contribution in [0.15, 0.2) is 0 Å². The van der Waals surface area contributed by atoms with Crippen molar-refractivity contribution >= 4 is 0 Å². The van der Waals surface area contributed by atoms with Crippen LogP contribution in [-0.2, 0) is 0 Å². The van der Waals surface area contributed by atoms with Crippen LogP contribution in [0.25, 0.3) is 0 Å². The molecule has 0 aromatic heterocycles. The van der Waals surface area contributed by atoms with Gasteiger partial charge in [0.15, 0.2) is 0 Å². The van der Waals surface area contributed by atoms with Crippen LogP contribution in [0.1, 0.15) is 52.9 Å². The van der Waals surface area contributed by atoms with Crippen LogP contribution in [0.3, 0.4) is 0 Å². The SMILES string of the molecule is CCN(CC(C)C)C(CN)C1CCCCC1. The van der Waals surface area contributed by atoms with Crippen molar-refractivity contribution in [1.82, 2.24) is 4.90 Å². The van der Waals surface area contributed by atoms with E-state index in [9.17, 15) is 0 Å². The lowest BCUT2D eigenvalue weighted by Crippen LogP contribution is -2.47. The largest absolute Gasteiger partial charge is 0.329 e. The highest BCUT2D eigenvalue weighted by molar-refractivity contribution is 4.82. The normalized spacial score (nSPS) is 20.6. The molecule has 0 saturated heterocycles. The molecule has 1 aliphatic carbocycles. The first-order valence-electron chi connectivity index (χ1n) is 7.13. The summed E-state index contributed by atoms with van der Waals surface area (Å²) >= 11 is 0. The Bertz CT molecular complexity index is 174. The molecule has 1 rings (SSSR count). The van der Waals surface area contributed by atoms with Crippen molar-refractivity contribution in [2.24, 2.45) is 17.6 Å². The molecule has 0 radical (unpaired) electrons. The smallest absolute Gasteiger partial charge is 0.0246 e. The molecule has 1 unspecified atom stereocenters. The van der Waals surface area contributed by atoms with Gasteiger partial charge in [0.2, 0.25) is 0 Å². The van der Waals surface area contributed by atoms with Gasteiger partial charge in [0.1, 0.15) is 0 Å². The molecule has 0 amide bonds. The van der Waals surface area contributed by atoms with Crippen molar-refractivity contribution < 1.29 is 0 Å². The fourth-order valence-corrected chi connectivity index (χ4v) is 3.13. The van der Waals surface area contributed by atoms with Gasteiger partial charge in [-0.15, -0.1) is 0 Å². The van der Waals surface area contributed by atoms with E-state index < -0.39 is 0 Å². The fourth-order valence-electron chi connectivity index (χ4n) is 3.13. The predicted octanol–water partition coefficient (Wildman–Crippen LogP) is 2.87. The van der Waals surface area contributed by atoms with Gasteiger partial charge >= 0.3 is 0 Å². The summed E-state index contributed by atoms with van der Waals surface area (Å²) < 4.78 is 0. The van der Waals surface area contributed by atoms with Crippen molar-refractivity contribution in [2.75, 3.05) is 19.6 Å². The Labute approximate surface area is 102 Å². The molecule has 2 nitrogen and oxygen atoms in total. The van der Waals surface area contributed by atoms with Gasteiger partial charge in [-0.25, -0.2) is 0 Å². The van der Waals surface area contributed by atoms with Gasteiger partial charge in [0, 0.05) is 19.1 Å². The first kappa shape index (κ1) is 14.0. The van der Waals surface area contributed by atoms with Crippen molar-refractivity contribution in [3.8, 4) is 0 Å². The van der Waals surface area contributed by atoms with E-state index in [1.807, 2.05) is 0 Å². The minimum Gasteiger partial charge on any atom is -0.329 e. The van der Waals surface area contributed by atoms with E-state index in [2.05, 4.69) is 25.7 Å². The third kappa shape index (κ3) is 4.06. The van der Waals surface area contributed by atoms with E-state index in [1.54, 1.807) is 0 Å². The van der Waals surface area contributed by atoms with Crippen LogP contribution >= 0.6 is 0 Å². The number of nitrogens with two attached hydrogens (primary N) is 1. The molecule has 1 atom stereocenters. The Hall–Kier alpha value is -0.0800. The van der Waals surface area contributed by atoms with Gasteiger partial charge in [0.05, 0.1) is 0 Å². The molecule has 0 bridgehead atoms. The quantitative estimate of drug-likeness (QED) is 0.754. The summed E-state index contributed by atoms with van der Waals surface area (Å²) in [7, 11) is 0. The number of rotatable bonds is 6. The zero-order valence-corrected chi connectivity index (χ0v) is 11.4. The van der Waals surface area contributed by atoms with Crippen LogP contribution in [0.5, 0.6) is 0 Å². The van der Waals surface area contributed by atoms with Gasteiger partial charge in [-0.2, -0.15) is 0 Å². The molecule has 1 aliphatic rings. The lowest BCUT2D eigenvalue weighted by atomic mass is 9.83. The van der Waals surface area contributed by atoms with Crippen LogP contribution in [0.4, 0.5) is 0 Å².